The molecule has 1 radical (unpaired) electrons. The van der Waals surface area contributed by atoms with Crippen LogP contribution in [0, 0.1) is 26.0 Å². The van der Waals surface area contributed by atoms with Crippen LogP contribution in [0.1, 0.15) is 11.3 Å². The largest absolute Gasteiger partial charge is 0.486 e. The van der Waals surface area contributed by atoms with Crippen LogP contribution in [-0.4, -0.2) is 27.6 Å². The van der Waals surface area contributed by atoms with Gasteiger partial charge in [-0.05, 0) is 60.1 Å². The second-order valence-corrected chi connectivity index (χ2v) is 19.1. The molecule has 0 saturated carbocycles. The molecule has 0 amide bonds. The summed E-state index contributed by atoms with van der Waals surface area (Å²) in [7, 11) is -1.23. The number of para-hydroxylation sites is 3. The molecule has 0 atom stereocenters. The van der Waals surface area contributed by atoms with Crippen molar-refractivity contribution in [1.82, 2.24) is 19.5 Å². The zero-order valence-electron chi connectivity index (χ0n) is 30.3. The first-order valence-electron chi connectivity index (χ1n) is 17.5. The molecule has 5 nitrogen and oxygen atoms in total. The van der Waals surface area contributed by atoms with Gasteiger partial charge in [0.1, 0.15) is 0 Å². The fraction of sp³-hybridized carbons (Fsp3) is 0.109. The number of imidazole rings is 1. The van der Waals surface area contributed by atoms with E-state index in [0.717, 1.165) is 78.1 Å². The zero-order chi connectivity index (χ0) is 35.8. The Kier molecular flexibility index (Phi) is 10.1. The summed E-state index contributed by atoms with van der Waals surface area (Å²) in [6.45, 7) is 11.1. The van der Waals surface area contributed by atoms with Crippen LogP contribution in [0.3, 0.4) is 0 Å². The van der Waals surface area contributed by atoms with E-state index in [0.29, 0.717) is 5.71 Å². The summed E-state index contributed by atoms with van der Waals surface area (Å²) in [6.07, 6.45) is 2.02. The van der Waals surface area contributed by atoms with E-state index < -0.39 is 8.07 Å². The number of nitrogens with zero attached hydrogens (tertiary/aromatic N) is 4. The van der Waals surface area contributed by atoms with Gasteiger partial charge in [0.25, 0.3) is 0 Å². The Hall–Kier alpha value is -5.46. The molecule has 9 aromatic rings. The molecular weight excluding hydrogens is 845 g/mol. The number of aryl methyl sites for hydroxylation is 2. The fourth-order valence-electron chi connectivity index (χ4n) is 6.54. The van der Waals surface area contributed by atoms with Crippen molar-refractivity contribution < 1.29 is 24.5 Å². The van der Waals surface area contributed by atoms with Crippen molar-refractivity contribution in [2.45, 2.75) is 33.5 Å². The van der Waals surface area contributed by atoms with Crippen molar-refractivity contribution in [3.63, 3.8) is 0 Å². The van der Waals surface area contributed by atoms with Gasteiger partial charge < -0.3 is 14.0 Å². The molecule has 53 heavy (non-hydrogen) atoms. The third kappa shape index (κ3) is 7.04. The third-order valence-corrected chi connectivity index (χ3v) is 11.5. The topological polar surface area (TPSA) is 56.7 Å². The second-order valence-electron chi connectivity index (χ2n) is 14.0. The summed E-state index contributed by atoms with van der Waals surface area (Å²) < 4.78 is 8.60. The van der Waals surface area contributed by atoms with Crippen molar-refractivity contribution in [2.24, 2.45) is 0 Å². The number of pyridine rings is 2. The molecular formula is C46H38IrN4OSi-2. The molecule has 7 heteroatoms. The molecule has 263 valence electrons. The molecule has 0 aliphatic carbocycles. The Bertz CT molecular complexity index is 2680. The van der Waals surface area contributed by atoms with Crippen LogP contribution in [-0.2, 0) is 20.1 Å². The monoisotopic (exact) mass is 883 g/mol. The van der Waals surface area contributed by atoms with E-state index in [1.807, 2.05) is 67.7 Å². The SMILES string of the molecule is C[Si](C)(C)c1ccc(-c2[c-]cccc2)nc1.Cc1cc2c(nc1C)oc1c(-c3nc4ccccc4n3-c3ccccc3-c3ccccc3)[c-]ccc12.[Ir]. The van der Waals surface area contributed by atoms with E-state index in [1.54, 1.807) is 0 Å². The summed E-state index contributed by atoms with van der Waals surface area (Å²) in [5, 5.41) is 3.42. The normalized spacial score (nSPS) is 11.3. The van der Waals surface area contributed by atoms with Crippen LogP contribution in [0.2, 0.25) is 19.6 Å². The molecule has 0 spiro atoms. The Morgan fingerprint density at radius 1 is 0.698 bits per heavy atom. The second kappa shape index (κ2) is 14.9. The Labute approximate surface area is 324 Å². The summed E-state index contributed by atoms with van der Waals surface area (Å²) in [4.78, 5) is 14.3. The van der Waals surface area contributed by atoms with Gasteiger partial charge in [0, 0.05) is 48.6 Å². The van der Waals surface area contributed by atoms with E-state index in [-0.39, 0.29) is 20.1 Å². The molecule has 9 rings (SSSR count). The Morgan fingerprint density at radius 3 is 2.21 bits per heavy atom. The minimum atomic E-state index is -1.23. The maximum atomic E-state index is 6.38. The predicted molar refractivity (Wildman–Crippen MR) is 217 cm³/mol. The van der Waals surface area contributed by atoms with Gasteiger partial charge in [-0.1, -0.05) is 103 Å². The fourth-order valence-corrected chi connectivity index (χ4v) is 7.57. The number of furan rings is 1. The number of hydrogen-bond acceptors (Lipinski definition) is 4. The van der Waals surface area contributed by atoms with Crippen LogP contribution in [0.25, 0.3) is 72.6 Å². The van der Waals surface area contributed by atoms with Crippen molar-refractivity contribution in [2.75, 3.05) is 0 Å². The smallest absolute Gasteiger partial charge is 0.216 e. The van der Waals surface area contributed by atoms with Crippen LogP contribution in [0.15, 0.2) is 144 Å². The molecule has 0 saturated heterocycles. The minimum Gasteiger partial charge on any atom is -0.486 e. The number of aromatic nitrogens is 4. The summed E-state index contributed by atoms with van der Waals surface area (Å²) in [5.41, 5.74) is 11.7. The van der Waals surface area contributed by atoms with E-state index in [4.69, 9.17) is 14.4 Å². The first kappa shape index (κ1) is 35.9. The molecule has 0 aliphatic heterocycles. The number of fused-ring (bicyclic) bond motifs is 4. The molecule has 4 heterocycles. The van der Waals surface area contributed by atoms with Crippen LogP contribution in [0.5, 0.6) is 0 Å². The van der Waals surface area contributed by atoms with Crippen molar-refractivity contribution in [3.8, 4) is 39.5 Å². The van der Waals surface area contributed by atoms with Gasteiger partial charge in [0.05, 0.1) is 30.5 Å². The average Bonchev–Trinajstić information content (AvgIpc) is 3.74. The van der Waals surface area contributed by atoms with Crippen molar-refractivity contribution in [3.05, 3.63) is 163 Å². The van der Waals surface area contributed by atoms with E-state index in [1.165, 1.54) is 5.19 Å². The quantitative estimate of drug-likeness (QED) is 0.128. The molecule has 0 bridgehead atoms. The predicted octanol–water partition coefficient (Wildman–Crippen LogP) is 11.2. The molecule has 0 unspecified atom stereocenters. The van der Waals surface area contributed by atoms with E-state index in [2.05, 4.69) is 127 Å². The average molecular weight is 883 g/mol. The maximum absolute atomic E-state index is 6.38. The van der Waals surface area contributed by atoms with Gasteiger partial charge in [-0.15, -0.1) is 54.1 Å². The molecule has 0 aliphatic rings. The first-order valence-corrected chi connectivity index (χ1v) is 21.0. The van der Waals surface area contributed by atoms with Crippen molar-refractivity contribution >= 4 is 46.4 Å². The maximum Gasteiger partial charge on any atom is 0.216 e. The van der Waals surface area contributed by atoms with Gasteiger partial charge in [0.2, 0.25) is 5.71 Å². The molecule has 4 aromatic heterocycles. The number of benzene rings is 5. The molecule has 5 aromatic carbocycles. The van der Waals surface area contributed by atoms with Crippen LogP contribution < -0.4 is 5.19 Å². The summed E-state index contributed by atoms with van der Waals surface area (Å²) in [6, 6.07) is 52.2. The van der Waals surface area contributed by atoms with Gasteiger partial charge in [-0.25, -0.2) is 4.98 Å². The van der Waals surface area contributed by atoms with Gasteiger partial charge >= 0.3 is 0 Å². The molecule has 0 fully saturated rings. The zero-order valence-corrected chi connectivity index (χ0v) is 33.7. The van der Waals surface area contributed by atoms with Gasteiger partial charge in [-0.2, -0.15) is 0 Å². The first-order chi connectivity index (χ1) is 25.3. The van der Waals surface area contributed by atoms with Crippen LogP contribution in [0.4, 0.5) is 0 Å². The minimum absolute atomic E-state index is 0. The summed E-state index contributed by atoms with van der Waals surface area (Å²) >= 11 is 0. The molecule has 0 N–H and O–H groups in total. The third-order valence-electron chi connectivity index (χ3n) is 9.50. The van der Waals surface area contributed by atoms with Crippen molar-refractivity contribution in [1.29, 1.82) is 0 Å². The number of rotatable bonds is 5. The van der Waals surface area contributed by atoms with Gasteiger partial charge in [-0.3, -0.25) is 4.98 Å². The number of hydrogen-bond donors (Lipinski definition) is 0. The summed E-state index contributed by atoms with van der Waals surface area (Å²) in [5.74, 6) is 0.790. The standard InChI is InChI=1S/C32H22N3O.C14H16NSi.Ir/c1-20-19-26-24-14-10-15-25(30(24)36-32(26)33-21(20)2)31-34-27-16-7-9-18-29(27)35(31)28-17-8-6-13-23(28)22-11-4-3-5-12-22;1-16(2,3)13-9-10-14(15-11-13)12-7-5-4-6-8-12;/h3-14,16-19H,1-2H3;4-7,9-11H,1-3H3;/q2*-1;. The van der Waals surface area contributed by atoms with Gasteiger partial charge in [0.15, 0.2) is 0 Å². The Morgan fingerprint density at radius 2 is 1.45 bits per heavy atom. The van der Waals surface area contributed by atoms with E-state index >= 15 is 0 Å². The van der Waals surface area contributed by atoms with E-state index in [9.17, 15) is 0 Å². The van der Waals surface area contributed by atoms with Crippen LogP contribution >= 0.6 is 0 Å². The Balaban J connectivity index is 0.000000216.